The van der Waals surface area contributed by atoms with Crippen LogP contribution in [0.5, 0.6) is 11.5 Å². The summed E-state index contributed by atoms with van der Waals surface area (Å²) in [5.41, 5.74) is 2.86. The molecule has 31 heavy (non-hydrogen) atoms. The number of thiazole rings is 1. The third kappa shape index (κ3) is 4.97. The van der Waals surface area contributed by atoms with Crippen LogP contribution in [-0.2, 0) is 6.73 Å². The third-order valence-electron chi connectivity index (χ3n) is 4.37. The van der Waals surface area contributed by atoms with E-state index in [1.54, 1.807) is 18.3 Å². The van der Waals surface area contributed by atoms with Gasteiger partial charge in [-0.05, 0) is 55.3 Å². The van der Waals surface area contributed by atoms with E-state index in [2.05, 4.69) is 20.1 Å². The van der Waals surface area contributed by atoms with Gasteiger partial charge in [0.15, 0.2) is 17.6 Å². The predicted octanol–water partition coefficient (Wildman–Crippen LogP) is 5.00. The van der Waals surface area contributed by atoms with Crippen molar-refractivity contribution in [3.8, 4) is 11.5 Å². The fourth-order valence-electron chi connectivity index (χ4n) is 2.85. The number of carbonyl (C=O) groups excluding carboxylic acids is 1. The molecule has 0 aliphatic carbocycles. The summed E-state index contributed by atoms with van der Waals surface area (Å²) in [6, 6.07) is 11.9. The Balaban J connectivity index is 1.41. The Hall–Kier alpha value is -3.53. The molecule has 0 fully saturated rings. The monoisotopic (exact) mass is 444 g/mol. The third-order valence-corrected chi connectivity index (χ3v) is 5.31. The second-order valence-corrected chi connectivity index (χ2v) is 7.79. The number of aryl methyl sites for hydroxylation is 2. The lowest BCUT2D eigenvalue weighted by molar-refractivity contribution is -0.0497. The quantitative estimate of drug-likeness (QED) is 0.434. The summed E-state index contributed by atoms with van der Waals surface area (Å²) in [5, 5.41) is 7.23. The Bertz CT molecular complexity index is 1240. The van der Waals surface area contributed by atoms with Gasteiger partial charge in [0.05, 0.1) is 10.2 Å². The number of hydrogen-bond donors (Lipinski definition) is 1. The Morgan fingerprint density at radius 1 is 1.19 bits per heavy atom. The number of halogens is 2. The van der Waals surface area contributed by atoms with E-state index in [0.29, 0.717) is 15.3 Å². The molecule has 0 saturated carbocycles. The lowest BCUT2D eigenvalue weighted by Gasteiger charge is -2.09. The van der Waals surface area contributed by atoms with Crippen LogP contribution in [0.2, 0.25) is 0 Å². The van der Waals surface area contributed by atoms with E-state index in [-0.39, 0.29) is 18.2 Å². The molecule has 4 aromatic rings. The summed E-state index contributed by atoms with van der Waals surface area (Å²) >= 11 is 1.15. The van der Waals surface area contributed by atoms with Gasteiger partial charge in [-0.3, -0.25) is 10.1 Å². The number of hydrogen-bond acceptors (Lipinski definition) is 6. The van der Waals surface area contributed by atoms with Crippen molar-refractivity contribution in [2.24, 2.45) is 0 Å². The van der Waals surface area contributed by atoms with E-state index in [0.717, 1.165) is 28.2 Å². The molecule has 0 bridgehead atoms. The highest BCUT2D eigenvalue weighted by Crippen LogP contribution is 2.30. The maximum Gasteiger partial charge on any atom is 0.387 e. The molecule has 2 heterocycles. The van der Waals surface area contributed by atoms with Crippen LogP contribution < -0.4 is 14.8 Å². The summed E-state index contributed by atoms with van der Waals surface area (Å²) < 4.78 is 37.0. The average Bonchev–Trinajstić information content (AvgIpc) is 3.34. The molecule has 0 atom stereocenters. The fraction of sp³-hybridized carbons (Fsp3) is 0.190. The molecule has 1 amide bonds. The molecule has 1 N–H and O–H groups in total. The number of nitrogens with zero attached hydrogens (tertiary/aromatic N) is 3. The highest BCUT2D eigenvalue weighted by atomic mass is 32.1. The van der Waals surface area contributed by atoms with Gasteiger partial charge >= 0.3 is 6.61 Å². The summed E-state index contributed by atoms with van der Waals surface area (Å²) in [7, 11) is 0. The number of alkyl halides is 2. The van der Waals surface area contributed by atoms with Crippen LogP contribution in [0.4, 0.5) is 13.9 Å². The highest BCUT2D eigenvalue weighted by Gasteiger charge is 2.14. The predicted molar refractivity (Wildman–Crippen MR) is 113 cm³/mol. The second-order valence-electron chi connectivity index (χ2n) is 6.76. The minimum absolute atomic E-state index is 0.0339. The number of benzene rings is 2. The molecule has 7 nitrogen and oxygen atoms in total. The molecule has 0 saturated heterocycles. The summed E-state index contributed by atoms with van der Waals surface area (Å²) in [6.45, 7) is 1.19. The molecule has 2 aromatic heterocycles. The van der Waals surface area contributed by atoms with E-state index in [9.17, 15) is 13.6 Å². The molecule has 160 valence electrons. The van der Waals surface area contributed by atoms with Gasteiger partial charge in [0.2, 0.25) is 0 Å². The zero-order valence-corrected chi connectivity index (χ0v) is 17.5. The van der Waals surface area contributed by atoms with Gasteiger partial charge in [-0.25, -0.2) is 9.67 Å². The molecule has 0 aliphatic heterocycles. The number of aromatic nitrogens is 3. The van der Waals surface area contributed by atoms with Crippen molar-refractivity contribution in [3.63, 3.8) is 0 Å². The Morgan fingerprint density at radius 3 is 2.84 bits per heavy atom. The fourth-order valence-corrected chi connectivity index (χ4v) is 3.74. The molecule has 0 radical (unpaired) electrons. The lowest BCUT2D eigenvalue weighted by Crippen LogP contribution is -2.14. The Kier molecular flexibility index (Phi) is 5.81. The van der Waals surface area contributed by atoms with Crippen LogP contribution >= 0.6 is 11.3 Å². The van der Waals surface area contributed by atoms with Crippen LogP contribution in [0, 0.1) is 13.8 Å². The maximum absolute atomic E-state index is 12.5. The molecule has 0 unspecified atom stereocenters. The number of amides is 1. The van der Waals surface area contributed by atoms with Crippen molar-refractivity contribution >= 4 is 32.6 Å². The zero-order valence-electron chi connectivity index (χ0n) is 16.6. The molecule has 0 spiro atoms. The van der Waals surface area contributed by atoms with E-state index < -0.39 is 12.5 Å². The van der Waals surface area contributed by atoms with Crippen molar-refractivity contribution < 1.29 is 23.0 Å². The summed E-state index contributed by atoms with van der Waals surface area (Å²) in [4.78, 5) is 16.8. The van der Waals surface area contributed by atoms with Crippen molar-refractivity contribution in [3.05, 3.63) is 65.5 Å². The first-order chi connectivity index (χ1) is 14.9. The van der Waals surface area contributed by atoms with Gasteiger partial charge in [0, 0.05) is 6.20 Å². The largest absolute Gasteiger partial charge is 0.471 e. The standard InChI is InChI=1S/C21H18F2N4O3S/c1-12-3-4-13(2)17(9-12)29-11-27-8-7-16(26-27)19(28)25-21-24-15-6-5-14(30-20(22)23)10-18(15)31-21/h3-10,20H,11H2,1-2H3,(H,24,25,28). The molecule has 2 aromatic carbocycles. The number of nitrogens with one attached hydrogen (secondary N) is 1. The first-order valence-corrected chi connectivity index (χ1v) is 10.1. The van der Waals surface area contributed by atoms with E-state index in [1.165, 1.54) is 16.8 Å². The summed E-state index contributed by atoms with van der Waals surface area (Å²) in [5.74, 6) is 0.353. The number of rotatable bonds is 7. The van der Waals surface area contributed by atoms with E-state index in [4.69, 9.17) is 4.74 Å². The van der Waals surface area contributed by atoms with E-state index >= 15 is 0 Å². The van der Waals surface area contributed by atoms with Crippen molar-refractivity contribution in [1.29, 1.82) is 0 Å². The van der Waals surface area contributed by atoms with Crippen LogP contribution in [0.3, 0.4) is 0 Å². The summed E-state index contributed by atoms with van der Waals surface area (Å²) in [6.07, 6.45) is 1.65. The second kappa shape index (κ2) is 8.68. The Labute approximate surface area is 180 Å². The van der Waals surface area contributed by atoms with Gasteiger partial charge in [0.25, 0.3) is 5.91 Å². The van der Waals surface area contributed by atoms with Crippen LogP contribution in [0.25, 0.3) is 10.2 Å². The highest BCUT2D eigenvalue weighted by molar-refractivity contribution is 7.22. The van der Waals surface area contributed by atoms with Crippen molar-refractivity contribution in [1.82, 2.24) is 14.8 Å². The molecule has 10 heteroatoms. The van der Waals surface area contributed by atoms with Crippen LogP contribution in [0.15, 0.2) is 48.7 Å². The van der Waals surface area contributed by atoms with Crippen molar-refractivity contribution in [2.75, 3.05) is 5.32 Å². The van der Waals surface area contributed by atoms with Gasteiger partial charge < -0.3 is 9.47 Å². The maximum atomic E-state index is 12.5. The number of carbonyl (C=O) groups is 1. The zero-order chi connectivity index (χ0) is 22.0. The van der Waals surface area contributed by atoms with Crippen molar-refractivity contribution in [2.45, 2.75) is 27.2 Å². The minimum Gasteiger partial charge on any atom is -0.471 e. The van der Waals surface area contributed by atoms with E-state index in [1.807, 2.05) is 32.0 Å². The molecular formula is C21H18F2N4O3S. The first kappa shape index (κ1) is 20.7. The van der Waals surface area contributed by atoms with Gasteiger partial charge in [0.1, 0.15) is 11.5 Å². The van der Waals surface area contributed by atoms with Crippen LogP contribution in [-0.4, -0.2) is 27.3 Å². The minimum atomic E-state index is -2.90. The van der Waals surface area contributed by atoms with Crippen LogP contribution in [0.1, 0.15) is 21.6 Å². The molecule has 4 rings (SSSR count). The molecular weight excluding hydrogens is 426 g/mol. The van der Waals surface area contributed by atoms with Gasteiger partial charge in [-0.1, -0.05) is 23.5 Å². The first-order valence-electron chi connectivity index (χ1n) is 9.27. The normalized spacial score (nSPS) is 11.1. The number of ether oxygens (including phenoxy) is 2. The topological polar surface area (TPSA) is 78.3 Å². The number of fused-ring (bicyclic) bond motifs is 1. The van der Waals surface area contributed by atoms with Gasteiger partial charge in [-0.2, -0.15) is 13.9 Å². The Morgan fingerprint density at radius 2 is 2.03 bits per heavy atom. The molecule has 0 aliphatic rings. The SMILES string of the molecule is Cc1ccc(C)c(OCn2ccc(C(=O)Nc3nc4ccc(OC(F)F)cc4s3)n2)c1. The lowest BCUT2D eigenvalue weighted by atomic mass is 10.1. The number of anilines is 1. The van der Waals surface area contributed by atoms with Gasteiger partial charge in [-0.15, -0.1) is 0 Å². The average molecular weight is 444 g/mol. The smallest absolute Gasteiger partial charge is 0.387 e.